The second kappa shape index (κ2) is 17.0. The summed E-state index contributed by atoms with van der Waals surface area (Å²) in [6.07, 6.45) is 0.223. The number of rotatable bonds is 4. The topological polar surface area (TPSA) is 301 Å². The fraction of sp³-hybridized carbons (Fsp3) is 0.0556. The van der Waals surface area contributed by atoms with Crippen LogP contribution in [0.3, 0.4) is 0 Å². The summed E-state index contributed by atoms with van der Waals surface area (Å²) < 4.78 is 109. The van der Waals surface area contributed by atoms with Crippen molar-refractivity contribution in [1.29, 1.82) is 0 Å². The zero-order valence-electron chi connectivity index (χ0n) is 31.4. The normalized spacial score (nSPS) is 12.0. The van der Waals surface area contributed by atoms with Gasteiger partial charge in [0.25, 0.3) is 0 Å². The Morgan fingerprint density at radius 2 is 0.867 bits per heavy atom. The summed E-state index contributed by atoms with van der Waals surface area (Å²) in [6.45, 7) is -0.145. The third-order valence-corrected chi connectivity index (χ3v) is 11.6. The first-order valence-electron chi connectivity index (χ1n) is 16.4. The zero-order valence-corrected chi connectivity index (χ0v) is 39.8. The molecule has 2 aliphatic rings. The van der Waals surface area contributed by atoms with E-state index in [1.165, 1.54) is 18.2 Å². The summed E-state index contributed by atoms with van der Waals surface area (Å²) in [5.74, 6) is 5.63. The van der Waals surface area contributed by atoms with Crippen LogP contribution in [0.25, 0.3) is 89.7 Å². The standard InChI is InChI=1S/C36H22N8O10S3.3Na/c45-12-2-1-3-17-4-8-21-25(13-17)33-37-29(21)39-34-27-15-19(56(49,50)51)6-10-23(27)31(41-34)43-36-28-16-20(57(52,53)54)7-11-24(28)32(44-36)42-35-26-14-18(55(46,47)48)5-9-22(26)30(38-33)40-35;;;/h4-11,13-16,45H,2,12H2,(H,46,47,48)(H,49,50,51)(H,52,53,54)(H2,37,38,39,40,41,42,43,44);;;/q;3*+1/p-3. The van der Waals surface area contributed by atoms with E-state index in [1.807, 2.05) is 0 Å². The van der Waals surface area contributed by atoms with Crippen molar-refractivity contribution in [1.82, 2.24) is 39.9 Å². The van der Waals surface area contributed by atoms with Gasteiger partial charge in [0.15, 0.2) is 23.3 Å². The second-order valence-corrected chi connectivity index (χ2v) is 16.8. The van der Waals surface area contributed by atoms with Crippen LogP contribution in [0, 0.1) is 11.8 Å². The molecule has 0 saturated heterocycles. The van der Waals surface area contributed by atoms with Crippen LogP contribution in [0.2, 0.25) is 0 Å². The molecule has 9 rings (SSSR count). The molecule has 3 aromatic heterocycles. The number of fused-ring (bicyclic) bond motifs is 20. The van der Waals surface area contributed by atoms with Gasteiger partial charge in [0.2, 0.25) is 0 Å². The van der Waals surface area contributed by atoms with Crippen molar-refractivity contribution in [2.45, 2.75) is 21.1 Å². The van der Waals surface area contributed by atoms with E-state index in [-0.39, 0.29) is 181 Å². The molecule has 5 heterocycles. The summed E-state index contributed by atoms with van der Waals surface area (Å²) in [5, 5.41) is 10.5. The van der Waals surface area contributed by atoms with Crippen molar-refractivity contribution in [3.63, 3.8) is 0 Å². The van der Waals surface area contributed by atoms with Crippen LogP contribution in [0.5, 0.6) is 0 Å². The molecule has 7 aromatic rings. The van der Waals surface area contributed by atoms with Gasteiger partial charge in [0.1, 0.15) is 52.9 Å². The number of hydrogen-bond acceptors (Lipinski definition) is 16. The van der Waals surface area contributed by atoms with E-state index in [0.717, 1.165) is 36.4 Å². The quantitative estimate of drug-likeness (QED) is 0.0843. The number of aromatic amines is 2. The SMILES string of the molecule is O=S(=O)([O-])c1ccc2c(c1)-c1nc-2nc2[nH]c(nc3nc(nc4[nH]c(n1)c1ccc(C#CCCO)cc41)-c1ccc(S(=O)(=O)[O-])cc1-3)c1ccc(S(=O)(=O)[O-])cc21.[Na+].[Na+].[Na+]. The Kier molecular flexibility index (Phi) is 13.0. The molecule has 284 valence electrons. The van der Waals surface area contributed by atoms with Gasteiger partial charge in [0, 0.05) is 55.8 Å². The molecule has 0 saturated carbocycles. The molecule has 24 heteroatoms. The Morgan fingerprint density at radius 3 is 1.32 bits per heavy atom. The van der Waals surface area contributed by atoms with E-state index < -0.39 is 45.0 Å². The van der Waals surface area contributed by atoms with Crippen molar-refractivity contribution >= 4 is 74.5 Å². The average molecular weight is 889 g/mol. The van der Waals surface area contributed by atoms with Crippen LogP contribution in [0.4, 0.5) is 0 Å². The number of benzene rings is 4. The molecule has 0 spiro atoms. The average Bonchev–Trinajstić information content (AvgIpc) is 3.88. The maximum atomic E-state index is 12.1. The predicted molar refractivity (Wildman–Crippen MR) is 199 cm³/mol. The Balaban J connectivity index is 0.00000201. The fourth-order valence-corrected chi connectivity index (χ4v) is 7.99. The van der Waals surface area contributed by atoms with Crippen molar-refractivity contribution < 1.29 is 133 Å². The van der Waals surface area contributed by atoms with Gasteiger partial charge in [-0.25, -0.2) is 55.2 Å². The van der Waals surface area contributed by atoms with E-state index >= 15 is 0 Å². The first-order chi connectivity index (χ1) is 27.0. The summed E-state index contributed by atoms with van der Waals surface area (Å²) >= 11 is 0. The molecule has 0 aliphatic carbocycles. The first-order valence-corrected chi connectivity index (χ1v) is 20.6. The van der Waals surface area contributed by atoms with Crippen molar-refractivity contribution in [2.24, 2.45) is 0 Å². The molecule has 0 fully saturated rings. The number of nitrogens with one attached hydrogen (secondary N) is 2. The van der Waals surface area contributed by atoms with Crippen LogP contribution in [-0.4, -0.2) is 90.5 Å². The van der Waals surface area contributed by atoms with Gasteiger partial charge in [0.05, 0.1) is 21.3 Å². The van der Waals surface area contributed by atoms with Crippen molar-refractivity contribution in [3.05, 3.63) is 78.4 Å². The van der Waals surface area contributed by atoms with Gasteiger partial charge in [-0.1, -0.05) is 11.8 Å². The minimum atomic E-state index is -4.96. The second-order valence-electron chi connectivity index (χ2n) is 12.6. The Bertz CT molecular complexity index is 3520. The summed E-state index contributed by atoms with van der Waals surface area (Å²) in [7, 11) is -14.8. The van der Waals surface area contributed by atoms with Crippen LogP contribution in [0.1, 0.15) is 12.0 Å². The predicted octanol–water partition coefficient (Wildman–Crippen LogP) is -5.67. The minimum Gasteiger partial charge on any atom is -0.744 e. The molecule has 60 heavy (non-hydrogen) atoms. The van der Waals surface area contributed by atoms with Crippen molar-refractivity contribution in [3.8, 4) is 57.4 Å². The molecule has 0 radical (unpaired) electrons. The van der Waals surface area contributed by atoms with Crippen LogP contribution in [0.15, 0.2) is 87.5 Å². The summed E-state index contributed by atoms with van der Waals surface area (Å²) in [5.41, 5.74) is 1.62. The van der Waals surface area contributed by atoms with Crippen molar-refractivity contribution in [2.75, 3.05) is 6.61 Å². The maximum absolute atomic E-state index is 12.1. The number of nitrogens with zero attached hydrogens (tertiary/aromatic N) is 6. The minimum absolute atomic E-state index is 0. The molecule has 2 aliphatic heterocycles. The molecular weight excluding hydrogens is 870 g/mol. The number of aliphatic hydroxyl groups excluding tert-OH is 1. The number of hydrogen-bond donors (Lipinski definition) is 3. The number of H-pyrrole nitrogens is 2. The Morgan fingerprint density at radius 1 is 0.483 bits per heavy atom. The van der Waals surface area contributed by atoms with E-state index in [0.29, 0.717) is 16.3 Å². The monoisotopic (exact) mass is 888 g/mol. The van der Waals surface area contributed by atoms with Gasteiger partial charge in [-0.2, -0.15) is 0 Å². The van der Waals surface area contributed by atoms with Crippen LogP contribution >= 0.6 is 0 Å². The molecule has 3 N–H and O–H groups in total. The molecular formula is C36H19N8Na3O10S3. The van der Waals surface area contributed by atoms with E-state index in [4.69, 9.17) is 9.97 Å². The van der Waals surface area contributed by atoms with Gasteiger partial charge < -0.3 is 28.7 Å². The van der Waals surface area contributed by atoms with Crippen LogP contribution in [-0.2, 0) is 30.4 Å². The Labute approximate surface area is 405 Å². The largest absolute Gasteiger partial charge is 1.00 e. The fourth-order valence-electron chi connectivity index (χ4n) is 6.50. The van der Waals surface area contributed by atoms with E-state index in [9.17, 15) is 44.0 Å². The van der Waals surface area contributed by atoms with Gasteiger partial charge >= 0.3 is 88.7 Å². The van der Waals surface area contributed by atoms with E-state index in [2.05, 4.69) is 41.7 Å². The first kappa shape index (κ1) is 46.0. The molecule has 18 nitrogen and oxygen atoms in total. The molecule has 4 aromatic carbocycles. The van der Waals surface area contributed by atoms with Gasteiger partial charge in [-0.15, -0.1) is 0 Å². The number of aliphatic hydroxyl groups is 1. The maximum Gasteiger partial charge on any atom is 1.00 e. The summed E-state index contributed by atoms with van der Waals surface area (Å²) in [6, 6.07) is 15.6. The summed E-state index contributed by atoms with van der Waals surface area (Å²) in [4.78, 5) is 32.4. The van der Waals surface area contributed by atoms with Gasteiger partial charge in [-0.05, 0) is 72.8 Å². The smallest absolute Gasteiger partial charge is 0.744 e. The zero-order chi connectivity index (χ0) is 40.0. The van der Waals surface area contributed by atoms with Crippen LogP contribution < -0.4 is 88.7 Å². The molecule has 0 unspecified atom stereocenters. The third kappa shape index (κ3) is 8.49. The number of aromatic nitrogens is 8. The Hall–Kier alpha value is -3.51. The molecule has 0 amide bonds. The van der Waals surface area contributed by atoms with Gasteiger partial charge in [-0.3, -0.25) is 0 Å². The molecule has 8 bridgehead atoms. The van der Waals surface area contributed by atoms with E-state index in [1.54, 1.807) is 18.2 Å². The molecule has 0 atom stereocenters. The third-order valence-electron chi connectivity index (χ3n) is 9.08.